The van der Waals surface area contributed by atoms with Gasteiger partial charge in [0.05, 0.1) is 17.7 Å². The number of β-amino-alcohol motifs (C(OH)–C–C–N with tert-alkyl or cyclic N) is 1. The minimum atomic E-state index is -0.382. The third kappa shape index (κ3) is 5.93. The number of ether oxygens (including phenoxy) is 2. The summed E-state index contributed by atoms with van der Waals surface area (Å²) in [7, 11) is 0. The number of amides is 1. The topological polar surface area (TPSA) is 96.4 Å². The lowest BCUT2D eigenvalue weighted by molar-refractivity contribution is 0.0614. The molecule has 6 rings (SSSR count). The van der Waals surface area contributed by atoms with E-state index in [1.165, 1.54) is 6.07 Å². The average molecular weight is 577 g/mol. The van der Waals surface area contributed by atoms with E-state index in [0.29, 0.717) is 44.0 Å². The van der Waals surface area contributed by atoms with Crippen LogP contribution in [0.4, 0.5) is 0 Å². The van der Waals surface area contributed by atoms with Gasteiger partial charge in [0.15, 0.2) is 5.78 Å². The summed E-state index contributed by atoms with van der Waals surface area (Å²) in [5.74, 6) is -0.470. The fourth-order valence-corrected chi connectivity index (χ4v) is 5.58. The maximum atomic E-state index is 14.2. The molecule has 0 unspecified atom stereocenters. The van der Waals surface area contributed by atoms with Gasteiger partial charge in [-0.15, -0.1) is 0 Å². The standard InChI is InChI=1S/C35H32N2O6/c38-19-18-36-14-16-37(17-15-36)35(41)26-20-28-32(30(21-26)43-23-25-10-5-2-6-11-25)34(40)31-27(33(28)39)12-7-13-29(31)42-22-24-8-3-1-4-9-24/h1-13,20-21,38H,14-19,22-23H2. The fraction of sp³-hybridized carbons (Fsp3) is 0.229. The van der Waals surface area contributed by atoms with Crippen molar-refractivity contribution in [2.24, 2.45) is 0 Å². The van der Waals surface area contributed by atoms with Gasteiger partial charge in [0.1, 0.15) is 24.7 Å². The number of carbonyl (C=O) groups excluding carboxylic acids is 3. The first-order chi connectivity index (χ1) is 21.0. The van der Waals surface area contributed by atoms with Crippen LogP contribution >= 0.6 is 0 Å². The first kappa shape index (κ1) is 28.3. The minimum Gasteiger partial charge on any atom is -0.488 e. The predicted molar refractivity (Wildman–Crippen MR) is 161 cm³/mol. The molecule has 218 valence electrons. The molecule has 4 aromatic rings. The van der Waals surface area contributed by atoms with Crippen molar-refractivity contribution in [1.29, 1.82) is 0 Å². The molecule has 1 amide bonds. The van der Waals surface area contributed by atoms with Gasteiger partial charge in [0, 0.05) is 49.4 Å². The van der Waals surface area contributed by atoms with Gasteiger partial charge in [-0.25, -0.2) is 0 Å². The molecule has 8 heteroatoms. The highest BCUT2D eigenvalue weighted by Gasteiger charge is 2.36. The van der Waals surface area contributed by atoms with Crippen LogP contribution in [0, 0.1) is 0 Å². The average Bonchev–Trinajstić information content (AvgIpc) is 3.06. The largest absolute Gasteiger partial charge is 0.488 e. The first-order valence-corrected chi connectivity index (χ1v) is 14.4. The van der Waals surface area contributed by atoms with Crippen molar-refractivity contribution in [3.63, 3.8) is 0 Å². The highest BCUT2D eigenvalue weighted by atomic mass is 16.5. The Balaban J connectivity index is 1.36. The summed E-state index contributed by atoms with van der Waals surface area (Å²) in [4.78, 5) is 45.6. The number of ketones is 2. The van der Waals surface area contributed by atoms with Crippen LogP contribution in [0.3, 0.4) is 0 Å². The Kier molecular flexibility index (Phi) is 8.31. The maximum absolute atomic E-state index is 14.2. The molecule has 1 aliphatic carbocycles. The second-order valence-electron chi connectivity index (χ2n) is 10.6. The van der Waals surface area contributed by atoms with Crippen LogP contribution in [0.1, 0.15) is 53.3 Å². The zero-order valence-electron chi connectivity index (χ0n) is 23.7. The van der Waals surface area contributed by atoms with Crippen molar-refractivity contribution in [3.05, 3.63) is 130 Å². The van der Waals surface area contributed by atoms with E-state index in [1.807, 2.05) is 60.7 Å². The fourth-order valence-electron chi connectivity index (χ4n) is 5.58. The molecule has 8 nitrogen and oxygen atoms in total. The lowest BCUT2D eigenvalue weighted by Crippen LogP contribution is -2.49. The molecule has 1 heterocycles. The lowest BCUT2D eigenvalue weighted by atomic mass is 9.82. The maximum Gasteiger partial charge on any atom is 0.254 e. The predicted octanol–water partition coefficient (Wildman–Crippen LogP) is 4.37. The number of fused-ring (bicyclic) bond motifs is 2. The van der Waals surface area contributed by atoms with Gasteiger partial charge in [-0.3, -0.25) is 19.3 Å². The summed E-state index contributed by atoms with van der Waals surface area (Å²) in [5, 5.41) is 9.26. The van der Waals surface area contributed by atoms with Crippen molar-refractivity contribution in [3.8, 4) is 11.5 Å². The molecule has 1 saturated heterocycles. The van der Waals surface area contributed by atoms with Crippen molar-refractivity contribution < 1.29 is 29.0 Å². The van der Waals surface area contributed by atoms with Gasteiger partial charge in [-0.2, -0.15) is 0 Å². The Morgan fingerprint density at radius 2 is 1.28 bits per heavy atom. The summed E-state index contributed by atoms with van der Waals surface area (Å²) >= 11 is 0. The van der Waals surface area contributed by atoms with Crippen molar-refractivity contribution in [1.82, 2.24) is 9.80 Å². The molecule has 0 aromatic heterocycles. The summed E-state index contributed by atoms with van der Waals surface area (Å²) < 4.78 is 12.3. The van der Waals surface area contributed by atoms with E-state index >= 15 is 0 Å². The van der Waals surface area contributed by atoms with Gasteiger partial charge >= 0.3 is 0 Å². The number of rotatable bonds is 9. The normalized spacial score (nSPS) is 14.7. The number of benzene rings is 4. The second kappa shape index (κ2) is 12.6. The zero-order valence-corrected chi connectivity index (χ0v) is 23.7. The molecule has 0 spiro atoms. The Labute approximate surface area is 250 Å². The zero-order chi connectivity index (χ0) is 29.8. The second-order valence-corrected chi connectivity index (χ2v) is 10.6. The van der Waals surface area contributed by atoms with Crippen molar-refractivity contribution >= 4 is 17.5 Å². The van der Waals surface area contributed by atoms with E-state index in [1.54, 1.807) is 29.2 Å². The first-order valence-electron chi connectivity index (χ1n) is 14.4. The van der Waals surface area contributed by atoms with Gasteiger partial charge in [0.2, 0.25) is 5.78 Å². The summed E-state index contributed by atoms with van der Waals surface area (Å²) in [6.45, 7) is 3.30. The van der Waals surface area contributed by atoms with Crippen LogP contribution in [0.15, 0.2) is 91.0 Å². The van der Waals surface area contributed by atoms with E-state index < -0.39 is 0 Å². The molecule has 2 aliphatic rings. The Hall–Kier alpha value is -4.79. The highest BCUT2D eigenvalue weighted by Crippen LogP contribution is 2.39. The van der Waals surface area contributed by atoms with Crippen molar-refractivity contribution in [2.75, 3.05) is 39.3 Å². The quantitative estimate of drug-likeness (QED) is 0.278. The minimum absolute atomic E-state index is 0.0670. The molecule has 43 heavy (non-hydrogen) atoms. The molecule has 0 atom stereocenters. The summed E-state index contributed by atoms with van der Waals surface area (Å²) in [6.07, 6.45) is 0. The molecule has 1 N–H and O–H groups in total. The van der Waals surface area contributed by atoms with Gasteiger partial charge in [-0.05, 0) is 29.3 Å². The van der Waals surface area contributed by atoms with E-state index in [9.17, 15) is 19.5 Å². The van der Waals surface area contributed by atoms with E-state index in [-0.39, 0.29) is 65.3 Å². The molecule has 0 saturated carbocycles. The number of carbonyl (C=O) groups is 3. The van der Waals surface area contributed by atoms with Crippen LogP contribution in [0.5, 0.6) is 11.5 Å². The Morgan fingerprint density at radius 1 is 0.674 bits per heavy atom. The van der Waals surface area contributed by atoms with Crippen LogP contribution < -0.4 is 9.47 Å². The number of nitrogens with zero attached hydrogens (tertiary/aromatic N) is 2. The number of hydrogen-bond donors (Lipinski definition) is 1. The summed E-state index contributed by atoms with van der Waals surface area (Å²) in [5.41, 5.74) is 2.81. The van der Waals surface area contributed by atoms with E-state index in [4.69, 9.17) is 9.47 Å². The van der Waals surface area contributed by atoms with Crippen LogP contribution in [-0.2, 0) is 13.2 Å². The van der Waals surface area contributed by atoms with Gasteiger partial charge in [-0.1, -0.05) is 72.8 Å². The Morgan fingerprint density at radius 3 is 1.91 bits per heavy atom. The number of hydrogen-bond acceptors (Lipinski definition) is 7. The third-order valence-corrected chi connectivity index (χ3v) is 7.87. The lowest BCUT2D eigenvalue weighted by Gasteiger charge is -2.34. The monoisotopic (exact) mass is 576 g/mol. The van der Waals surface area contributed by atoms with Gasteiger partial charge in [0.25, 0.3) is 5.91 Å². The Bertz CT molecular complexity index is 1650. The number of aliphatic hydroxyl groups excluding tert-OH is 1. The molecule has 0 bridgehead atoms. The molecule has 1 fully saturated rings. The van der Waals surface area contributed by atoms with Crippen LogP contribution in [0.2, 0.25) is 0 Å². The summed E-state index contributed by atoms with van der Waals surface area (Å²) in [6, 6.07) is 27.2. The van der Waals surface area contributed by atoms with E-state index in [0.717, 1.165) is 11.1 Å². The molecule has 0 radical (unpaired) electrons. The molecular weight excluding hydrogens is 544 g/mol. The highest BCUT2D eigenvalue weighted by molar-refractivity contribution is 6.30. The van der Waals surface area contributed by atoms with Crippen LogP contribution in [-0.4, -0.2) is 71.7 Å². The third-order valence-electron chi connectivity index (χ3n) is 7.87. The van der Waals surface area contributed by atoms with Crippen LogP contribution in [0.25, 0.3) is 0 Å². The van der Waals surface area contributed by atoms with Crippen molar-refractivity contribution in [2.45, 2.75) is 13.2 Å². The van der Waals surface area contributed by atoms with Gasteiger partial charge < -0.3 is 19.5 Å². The van der Waals surface area contributed by atoms with E-state index in [2.05, 4.69) is 4.90 Å². The SMILES string of the molecule is O=C1c2cccc(OCc3ccccc3)c2C(=O)c2c(OCc3ccccc3)cc(C(=O)N3CCN(CCO)CC3)cc21. The molecule has 4 aromatic carbocycles. The molecule has 1 aliphatic heterocycles. The smallest absolute Gasteiger partial charge is 0.254 e. The number of aliphatic hydroxyl groups is 1. The number of piperazine rings is 1. The molecular formula is C35H32N2O6.